The van der Waals surface area contributed by atoms with E-state index in [2.05, 4.69) is 10.1 Å². The SMILES string of the molecule is CNC1COC2(CCN(C(=O)OC(F)(C(F)F)C(F)(F)F)CC2)C1. The van der Waals surface area contributed by atoms with Crippen molar-refractivity contribution in [3.8, 4) is 0 Å². The summed E-state index contributed by atoms with van der Waals surface area (Å²) >= 11 is 0. The first-order chi connectivity index (χ1) is 11.0. The van der Waals surface area contributed by atoms with Crippen LogP contribution in [-0.2, 0) is 9.47 Å². The van der Waals surface area contributed by atoms with Crippen molar-refractivity contribution in [2.75, 3.05) is 26.7 Å². The van der Waals surface area contributed by atoms with E-state index in [1.165, 1.54) is 0 Å². The lowest BCUT2D eigenvalue weighted by Crippen LogP contribution is -2.54. The van der Waals surface area contributed by atoms with Gasteiger partial charge in [0.1, 0.15) is 0 Å². The maximum atomic E-state index is 13.4. The summed E-state index contributed by atoms with van der Waals surface area (Å²) in [5.41, 5.74) is -0.510. The van der Waals surface area contributed by atoms with Gasteiger partial charge in [-0.05, 0) is 26.3 Å². The predicted octanol–water partition coefficient (Wildman–Crippen LogP) is 2.46. The number of nitrogens with zero attached hydrogens (tertiary/aromatic N) is 1. The molecule has 0 bridgehead atoms. The monoisotopic (exact) mass is 364 g/mol. The molecule has 2 heterocycles. The normalized spacial score (nSPS) is 26.7. The second-order valence-electron chi connectivity index (χ2n) is 5.98. The van der Waals surface area contributed by atoms with Crippen molar-refractivity contribution in [3.63, 3.8) is 0 Å². The van der Waals surface area contributed by atoms with Crippen LogP contribution in [0.4, 0.5) is 31.1 Å². The number of likely N-dealkylation sites (N-methyl/N-ethyl adjacent to an activating group) is 1. The molecule has 2 saturated heterocycles. The van der Waals surface area contributed by atoms with Crippen molar-refractivity contribution in [1.82, 2.24) is 10.2 Å². The lowest BCUT2D eigenvalue weighted by Gasteiger charge is -2.39. The summed E-state index contributed by atoms with van der Waals surface area (Å²) in [5, 5.41) is 3.04. The number of piperidine rings is 1. The Bertz CT molecular complexity index is 467. The first kappa shape index (κ1) is 19.1. The number of amides is 1. The van der Waals surface area contributed by atoms with Gasteiger partial charge in [0, 0.05) is 19.1 Å². The van der Waals surface area contributed by atoms with Gasteiger partial charge in [-0.15, -0.1) is 0 Å². The zero-order chi connectivity index (χ0) is 18.2. The minimum Gasteiger partial charge on any atom is -0.398 e. The second kappa shape index (κ2) is 6.58. The number of hydrogen-bond donors (Lipinski definition) is 1. The van der Waals surface area contributed by atoms with Gasteiger partial charge in [0.2, 0.25) is 0 Å². The number of hydrogen-bond acceptors (Lipinski definition) is 4. The Hall–Kier alpha value is -1.23. The average molecular weight is 364 g/mol. The van der Waals surface area contributed by atoms with Crippen LogP contribution in [0.1, 0.15) is 19.3 Å². The molecule has 24 heavy (non-hydrogen) atoms. The Morgan fingerprint density at radius 3 is 2.29 bits per heavy atom. The summed E-state index contributed by atoms with van der Waals surface area (Å²) in [6.07, 6.45) is -11.0. The summed E-state index contributed by atoms with van der Waals surface area (Å²) in [4.78, 5) is 12.4. The zero-order valence-corrected chi connectivity index (χ0v) is 12.8. The quantitative estimate of drug-likeness (QED) is 0.782. The van der Waals surface area contributed by atoms with Crippen LogP contribution >= 0.6 is 0 Å². The maximum absolute atomic E-state index is 13.4. The molecular formula is C13H18F6N2O3. The molecule has 0 aromatic carbocycles. The molecule has 0 aromatic rings. The highest BCUT2D eigenvalue weighted by Crippen LogP contribution is 2.41. The first-order valence-corrected chi connectivity index (χ1v) is 7.36. The molecule has 0 aromatic heterocycles. The van der Waals surface area contributed by atoms with Crippen LogP contribution in [0.5, 0.6) is 0 Å². The molecule has 5 nitrogen and oxygen atoms in total. The molecule has 2 aliphatic rings. The van der Waals surface area contributed by atoms with Crippen molar-refractivity contribution >= 4 is 6.09 Å². The van der Waals surface area contributed by atoms with Crippen molar-refractivity contribution in [3.05, 3.63) is 0 Å². The molecule has 0 aliphatic carbocycles. The Labute approximate surface area is 134 Å². The number of carbonyl (C=O) groups is 1. The molecule has 2 aliphatic heterocycles. The highest BCUT2D eigenvalue weighted by molar-refractivity contribution is 5.68. The summed E-state index contributed by atoms with van der Waals surface area (Å²) in [7, 11) is 1.77. The van der Waals surface area contributed by atoms with Crippen molar-refractivity contribution in [2.24, 2.45) is 0 Å². The van der Waals surface area contributed by atoms with E-state index in [9.17, 15) is 31.1 Å². The van der Waals surface area contributed by atoms with Crippen LogP contribution in [0.2, 0.25) is 0 Å². The fraction of sp³-hybridized carbons (Fsp3) is 0.923. The molecule has 1 N–H and O–H groups in total. The van der Waals surface area contributed by atoms with Crippen molar-refractivity contribution in [2.45, 2.75) is 49.4 Å². The third kappa shape index (κ3) is 3.56. The molecule has 0 saturated carbocycles. The van der Waals surface area contributed by atoms with Gasteiger partial charge in [-0.2, -0.15) is 17.6 Å². The molecule has 2 rings (SSSR count). The van der Waals surface area contributed by atoms with Gasteiger partial charge in [0.15, 0.2) is 0 Å². The Morgan fingerprint density at radius 1 is 1.29 bits per heavy atom. The third-order valence-electron chi connectivity index (χ3n) is 4.45. The highest BCUT2D eigenvalue weighted by atomic mass is 19.4. The molecule has 0 radical (unpaired) electrons. The number of halogens is 6. The van der Waals surface area contributed by atoms with Gasteiger partial charge in [0.05, 0.1) is 12.2 Å². The smallest absolute Gasteiger partial charge is 0.398 e. The summed E-state index contributed by atoms with van der Waals surface area (Å²) in [6, 6.07) is 0.131. The number of likely N-dealkylation sites (tertiary alicyclic amines) is 1. The van der Waals surface area contributed by atoms with Crippen LogP contribution in [0.25, 0.3) is 0 Å². The molecule has 2 fully saturated rings. The fourth-order valence-corrected chi connectivity index (χ4v) is 2.89. The average Bonchev–Trinajstić information content (AvgIpc) is 2.89. The zero-order valence-electron chi connectivity index (χ0n) is 12.8. The van der Waals surface area contributed by atoms with Gasteiger partial charge >= 0.3 is 24.5 Å². The van der Waals surface area contributed by atoms with E-state index in [4.69, 9.17) is 4.74 Å². The van der Waals surface area contributed by atoms with Gasteiger partial charge in [-0.3, -0.25) is 0 Å². The minimum atomic E-state index is -6.03. The largest absolute Gasteiger partial charge is 0.466 e. The van der Waals surface area contributed by atoms with Crippen LogP contribution in [-0.4, -0.2) is 67.8 Å². The van der Waals surface area contributed by atoms with Crippen LogP contribution in [0, 0.1) is 0 Å². The van der Waals surface area contributed by atoms with E-state index in [0.717, 1.165) is 4.90 Å². The predicted molar refractivity (Wildman–Crippen MR) is 69.3 cm³/mol. The Balaban J connectivity index is 1.96. The molecule has 140 valence electrons. The lowest BCUT2D eigenvalue weighted by molar-refractivity contribution is -0.351. The van der Waals surface area contributed by atoms with Gasteiger partial charge in [0.25, 0.3) is 0 Å². The van der Waals surface area contributed by atoms with Crippen molar-refractivity contribution < 1.29 is 40.6 Å². The second-order valence-corrected chi connectivity index (χ2v) is 5.98. The van der Waals surface area contributed by atoms with Gasteiger partial charge < -0.3 is 19.7 Å². The molecule has 1 spiro atoms. The number of carbonyl (C=O) groups excluding carboxylic acids is 1. The molecule has 2 atom stereocenters. The molecule has 11 heteroatoms. The number of ether oxygens (including phenoxy) is 2. The van der Waals surface area contributed by atoms with E-state index in [0.29, 0.717) is 25.9 Å². The first-order valence-electron chi connectivity index (χ1n) is 7.36. The van der Waals surface area contributed by atoms with E-state index in [1.807, 2.05) is 0 Å². The summed E-state index contributed by atoms with van der Waals surface area (Å²) < 4.78 is 84.7. The minimum absolute atomic E-state index is 0.0631. The maximum Gasteiger partial charge on any atom is 0.466 e. The number of rotatable bonds is 3. The Kier molecular flexibility index (Phi) is 5.24. The number of nitrogens with one attached hydrogen (secondary N) is 1. The summed E-state index contributed by atoms with van der Waals surface area (Å²) in [5.74, 6) is -5.32. The fourth-order valence-electron chi connectivity index (χ4n) is 2.89. The van der Waals surface area contributed by atoms with E-state index in [1.54, 1.807) is 7.05 Å². The molecular weight excluding hydrogens is 346 g/mol. The topological polar surface area (TPSA) is 50.8 Å². The van der Waals surface area contributed by atoms with Gasteiger partial charge in [-0.1, -0.05) is 0 Å². The van der Waals surface area contributed by atoms with E-state index >= 15 is 0 Å². The van der Waals surface area contributed by atoms with Crippen LogP contribution in [0.3, 0.4) is 0 Å². The molecule has 1 amide bonds. The molecule has 2 unspecified atom stereocenters. The third-order valence-corrected chi connectivity index (χ3v) is 4.45. The standard InChI is InChI=1S/C13H18F6N2O3/c1-20-8-6-11(23-7-8)2-4-21(5-3-11)10(22)24-12(16,9(14)15)13(17,18)19/h8-9,20H,2-7H2,1H3. The van der Waals surface area contributed by atoms with Crippen molar-refractivity contribution in [1.29, 1.82) is 0 Å². The highest BCUT2D eigenvalue weighted by Gasteiger charge is 2.67. The van der Waals surface area contributed by atoms with E-state index < -0.39 is 30.2 Å². The Morgan fingerprint density at radius 2 is 1.88 bits per heavy atom. The summed E-state index contributed by atoms with van der Waals surface area (Å²) in [6.45, 7) is 0.340. The van der Waals surface area contributed by atoms with Crippen LogP contribution in [0.15, 0.2) is 0 Å². The number of alkyl halides is 6. The van der Waals surface area contributed by atoms with Crippen LogP contribution < -0.4 is 5.32 Å². The van der Waals surface area contributed by atoms with Gasteiger partial charge in [-0.25, -0.2) is 13.6 Å². The van der Waals surface area contributed by atoms with E-state index in [-0.39, 0.29) is 19.1 Å². The lowest BCUT2D eigenvalue weighted by atomic mass is 9.87.